The number of benzene rings is 3. The zero-order valence-corrected chi connectivity index (χ0v) is 13.2. The van der Waals surface area contributed by atoms with Crippen LogP contribution in [0.3, 0.4) is 0 Å². The van der Waals surface area contributed by atoms with Crippen LogP contribution in [0.1, 0.15) is 0 Å². The second kappa shape index (κ2) is 6.87. The molecule has 120 valence electrons. The standard InChI is InChI=1S/C20H17NO3/c1-24-20(23)21-16-9-12-18(15-7-10-17(22)11-8-15)19(13-16)14-5-3-2-4-6-14/h2-13,22H,1H3,(H,21,23). The van der Waals surface area contributed by atoms with E-state index in [-0.39, 0.29) is 5.75 Å². The van der Waals surface area contributed by atoms with Crippen molar-refractivity contribution in [3.05, 3.63) is 72.8 Å². The maximum absolute atomic E-state index is 11.5. The van der Waals surface area contributed by atoms with Crippen molar-refractivity contribution in [1.29, 1.82) is 0 Å². The van der Waals surface area contributed by atoms with E-state index in [4.69, 9.17) is 0 Å². The van der Waals surface area contributed by atoms with E-state index in [2.05, 4.69) is 10.1 Å². The Labute approximate surface area is 140 Å². The fourth-order valence-electron chi connectivity index (χ4n) is 2.54. The molecule has 3 aromatic rings. The largest absolute Gasteiger partial charge is 0.508 e. The first-order chi connectivity index (χ1) is 11.7. The predicted molar refractivity (Wildman–Crippen MR) is 95.0 cm³/mol. The molecular weight excluding hydrogens is 302 g/mol. The molecule has 0 spiro atoms. The third-order valence-electron chi connectivity index (χ3n) is 3.71. The lowest BCUT2D eigenvalue weighted by Gasteiger charge is -2.13. The van der Waals surface area contributed by atoms with Gasteiger partial charge in [-0.15, -0.1) is 0 Å². The molecule has 4 nitrogen and oxygen atoms in total. The monoisotopic (exact) mass is 319 g/mol. The summed E-state index contributed by atoms with van der Waals surface area (Å²) in [5.41, 5.74) is 4.67. The first kappa shape index (κ1) is 15.6. The second-order valence-electron chi connectivity index (χ2n) is 5.29. The zero-order valence-electron chi connectivity index (χ0n) is 13.2. The molecule has 0 saturated carbocycles. The van der Waals surface area contributed by atoms with E-state index < -0.39 is 6.09 Å². The van der Waals surface area contributed by atoms with Crippen LogP contribution in [-0.2, 0) is 4.74 Å². The minimum absolute atomic E-state index is 0.226. The lowest BCUT2D eigenvalue weighted by Crippen LogP contribution is -2.10. The van der Waals surface area contributed by atoms with Crippen molar-refractivity contribution in [2.24, 2.45) is 0 Å². The summed E-state index contributed by atoms with van der Waals surface area (Å²) >= 11 is 0. The Morgan fingerprint density at radius 3 is 2.21 bits per heavy atom. The summed E-state index contributed by atoms with van der Waals surface area (Å²) < 4.78 is 4.65. The molecular formula is C20H17NO3. The summed E-state index contributed by atoms with van der Waals surface area (Å²) in [7, 11) is 1.33. The summed E-state index contributed by atoms with van der Waals surface area (Å²) in [6.45, 7) is 0. The Balaban J connectivity index is 2.11. The summed E-state index contributed by atoms with van der Waals surface area (Å²) in [6.07, 6.45) is -0.508. The zero-order chi connectivity index (χ0) is 16.9. The summed E-state index contributed by atoms with van der Waals surface area (Å²) in [6, 6.07) is 22.7. The highest BCUT2D eigenvalue weighted by molar-refractivity contribution is 5.90. The van der Waals surface area contributed by atoms with Gasteiger partial charge in [0.15, 0.2) is 0 Å². The lowest BCUT2D eigenvalue weighted by atomic mass is 9.94. The van der Waals surface area contributed by atoms with Gasteiger partial charge in [-0.1, -0.05) is 48.5 Å². The number of rotatable bonds is 3. The van der Waals surface area contributed by atoms with Crippen LogP contribution in [0.5, 0.6) is 5.75 Å². The Kier molecular flexibility index (Phi) is 4.47. The molecule has 0 unspecified atom stereocenters. The molecule has 0 bridgehead atoms. The topological polar surface area (TPSA) is 58.6 Å². The van der Waals surface area contributed by atoms with Gasteiger partial charge in [0.1, 0.15) is 5.75 Å². The van der Waals surface area contributed by atoms with Crippen LogP contribution in [0.4, 0.5) is 10.5 Å². The number of ether oxygens (including phenoxy) is 1. The summed E-state index contributed by atoms with van der Waals surface area (Å²) in [5.74, 6) is 0.226. The number of phenolic OH excluding ortho intramolecular Hbond substituents is 1. The van der Waals surface area contributed by atoms with Gasteiger partial charge >= 0.3 is 6.09 Å². The molecule has 3 aromatic carbocycles. The van der Waals surface area contributed by atoms with Crippen molar-refractivity contribution in [2.75, 3.05) is 12.4 Å². The SMILES string of the molecule is COC(=O)Nc1ccc(-c2ccc(O)cc2)c(-c2ccccc2)c1. The third kappa shape index (κ3) is 3.38. The quantitative estimate of drug-likeness (QED) is 0.721. The fourth-order valence-corrected chi connectivity index (χ4v) is 2.54. The molecule has 0 saturated heterocycles. The minimum atomic E-state index is -0.508. The number of anilines is 1. The number of phenols is 1. The van der Waals surface area contributed by atoms with Crippen molar-refractivity contribution in [2.45, 2.75) is 0 Å². The van der Waals surface area contributed by atoms with Crippen LogP contribution in [0.25, 0.3) is 22.3 Å². The average molecular weight is 319 g/mol. The van der Waals surface area contributed by atoms with E-state index in [0.717, 1.165) is 22.3 Å². The molecule has 0 heterocycles. The molecule has 2 N–H and O–H groups in total. The van der Waals surface area contributed by atoms with Gasteiger partial charge in [-0.25, -0.2) is 4.79 Å². The highest BCUT2D eigenvalue weighted by Gasteiger charge is 2.10. The number of nitrogens with one attached hydrogen (secondary N) is 1. The van der Waals surface area contributed by atoms with E-state index in [1.54, 1.807) is 12.1 Å². The smallest absolute Gasteiger partial charge is 0.411 e. The number of hydrogen-bond donors (Lipinski definition) is 2. The van der Waals surface area contributed by atoms with Crippen LogP contribution < -0.4 is 5.32 Å². The third-order valence-corrected chi connectivity index (χ3v) is 3.71. The van der Waals surface area contributed by atoms with Gasteiger partial charge < -0.3 is 9.84 Å². The first-order valence-corrected chi connectivity index (χ1v) is 7.51. The molecule has 4 heteroatoms. The van der Waals surface area contributed by atoms with Crippen molar-refractivity contribution in [3.8, 4) is 28.0 Å². The van der Waals surface area contributed by atoms with E-state index in [9.17, 15) is 9.90 Å². The van der Waals surface area contributed by atoms with Gasteiger partial charge in [0.2, 0.25) is 0 Å². The van der Waals surface area contributed by atoms with E-state index >= 15 is 0 Å². The molecule has 3 rings (SSSR count). The molecule has 1 amide bonds. The minimum Gasteiger partial charge on any atom is -0.508 e. The summed E-state index contributed by atoms with van der Waals surface area (Å²) in [5, 5.41) is 12.2. The molecule has 0 atom stereocenters. The van der Waals surface area contributed by atoms with Gasteiger partial charge in [-0.05, 0) is 46.5 Å². The van der Waals surface area contributed by atoms with Crippen LogP contribution in [0.15, 0.2) is 72.8 Å². The molecule has 0 radical (unpaired) electrons. The van der Waals surface area contributed by atoms with E-state index in [0.29, 0.717) is 5.69 Å². The number of methoxy groups -OCH3 is 1. The van der Waals surface area contributed by atoms with Gasteiger partial charge in [0.25, 0.3) is 0 Å². The molecule has 24 heavy (non-hydrogen) atoms. The number of carbonyl (C=O) groups is 1. The van der Waals surface area contributed by atoms with Crippen LogP contribution >= 0.6 is 0 Å². The lowest BCUT2D eigenvalue weighted by molar-refractivity contribution is 0.187. The second-order valence-corrected chi connectivity index (χ2v) is 5.29. The average Bonchev–Trinajstić information content (AvgIpc) is 2.63. The highest BCUT2D eigenvalue weighted by Crippen LogP contribution is 2.34. The normalized spacial score (nSPS) is 10.2. The number of hydrogen-bond acceptors (Lipinski definition) is 3. The van der Waals surface area contributed by atoms with Crippen molar-refractivity contribution >= 4 is 11.8 Å². The maximum Gasteiger partial charge on any atom is 0.411 e. The Hall–Kier alpha value is -3.27. The molecule has 0 aliphatic carbocycles. The van der Waals surface area contributed by atoms with Crippen molar-refractivity contribution in [3.63, 3.8) is 0 Å². The Morgan fingerprint density at radius 1 is 0.875 bits per heavy atom. The number of amides is 1. The number of aromatic hydroxyl groups is 1. The van der Waals surface area contributed by atoms with Gasteiger partial charge in [-0.2, -0.15) is 0 Å². The molecule has 0 fully saturated rings. The first-order valence-electron chi connectivity index (χ1n) is 7.51. The highest BCUT2D eigenvalue weighted by atomic mass is 16.5. The number of carbonyl (C=O) groups excluding carboxylic acids is 1. The van der Waals surface area contributed by atoms with Crippen LogP contribution in [-0.4, -0.2) is 18.3 Å². The predicted octanol–water partition coefficient (Wildman–Crippen LogP) is 4.90. The van der Waals surface area contributed by atoms with Gasteiger partial charge in [-0.3, -0.25) is 5.32 Å². The molecule has 0 aliphatic rings. The van der Waals surface area contributed by atoms with Crippen LogP contribution in [0, 0.1) is 0 Å². The Bertz CT molecular complexity index is 843. The summed E-state index contributed by atoms with van der Waals surface area (Å²) in [4.78, 5) is 11.5. The molecule has 0 aromatic heterocycles. The fraction of sp³-hybridized carbons (Fsp3) is 0.0500. The molecule has 0 aliphatic heterocycles. The van der Waals surface area contributed by atoms with Crippen molar-refractivity contribution in [1.82, 2.24) is 0 Å². The van der Waals surface area contributed by atoms with Gasteiger partial charge in [0.05, 0.1) is 7.11 Å². The Morgan fingerprint density at radius 2 is 1.54 bits per heavy atom. The van der Waals surface area contributed by atoms with Gasteiger partial charge in [0, 0.05) is 5.69 Å². The van der Waals surface area contributed by atoms with Crippen molar-refractivity contribution < 1.29 is 14.6 Å². The maximum atomic E-state index is 11.5. The van der Waals surface area contributed by atoms with Crippen LogP contribution in [0.2, 0.25) is 0 Å². The van der Waals surface area contributed by atoms with E-state index in [1.165, 1.54) is 7.11 Å². The van der Waals surface area contributed by atoms with E-state index in [1.807, 2.05) is 60.7 Å².